The number of nitrogen functional groups attached to an aromatic ring is 1. The van der Waals surface area contributed by atoms with E-state index in [-0.39, 0.29) is 11.8 Å². The fourth-order valence-electron chi connectivity index (χ4n) is 1.53. The van der Waals surface area contributed by atoms with Crippen LogP contribution >= 0.6 is 0 Å². The van der Waals surface area contributed by atoms with Crippen LogP contribution in [0.25, 0.3) is 0 Å². The molecule has 18 heavy (non-hydrogen) atoms. The third-order valence-corrected chi connectivity index (χ3v) is 2.53. The maximum Gasteiger partial charge on any atom is 0.272 e. The van der Waals surface area contributed by atoms with Crippen LogP contribution in [0.3, 0.4) is 0 Å². The summed E-state index contributed by atoms with van der Waals surface area (Å²) in [6.07, 6.45) is 1.52. The van der Waals surface area contributed by atoms with Gasteiger partial charge in [-0.1, -0.05) is 0 Å². The van der Waals surface area contributed by atoms with Gasteiger partial charge in [0.1, 0.15) is 5.69 Å². The zero-order valence-corrected chi connectivity index (χ0v) is 10.6. The lowest BCUT2D eigenvalue weighted by Gasteiger charge is -2.21. The smallest absolute Gasteiger partial charge is 0.272 e. The van der Waals surface area contributed by atoms with Crippen molar-refractivity contribution in [2.24, 2.45) is 11.8 Å². The Morgan fingerprint density at radius 2 is 2.44 bits per heavy atom. The van der Waals surface area contributed by atoms with E-state index >= 15 is 0 Å². The van der Waals surface area contributed by atoms with E-state index in [4.69, 9.17) is 11.1 Å². The Bertz CT molecular complexity index is 454. The molecule has 1 atom stereocenters. The maximum atomic E-state index is 12.2. The number of pyridine rings is 1. The van der Waals surface area contributed by atoms with Crippen LogP contribution in [-0.2, 0) is 0 Å². The van der Waals surface area contributed by atoms with Crippen LogP contribution in [0.4, 0.5) is 5.69 Å². The number of rotatable bonds is 5. The van der Waals surface area contributed by atoms with E-state index in [0.717, 1.165) is 0 Å². The molecule has 1 amide bonds. The molecule has 1 rings (SSSR count). The van der Waals surface area contributed by atoms with Gasteiger partial charge < -0.3 is 10.3 Å². The van der Waals surface area contributed by atoms with Crippen molar-refractivity contribution in [3.05, 3.63) is 24.0 Å². The second kappa shape index (κ2) is 6.57. The molecule has 0 fully saturated rings. The summed E-state index contributed by atoms with van der Waals surface area (Å²) in [5.74, 6) is 4.88. The van der Waals surface area contributed by atoms with Gasteiger partial charge in [-0.15, -0.1) is 0 Å². The lowest BCUT2D eigenvalue weighted by molar-refractivity contribution is 0.0747. The average molecular weight is 247 g/mol. The summed E-state index contributed by atoms with van der Waals surface area (Å²) in [5, 5.41) is 8.78. The van der Waals surface area contributed by atoms with Crippen LogP contribution in [0.15, 0.2) is 18.3 Å². The van der Waals surface area contributed by atoms with Crippen LogP contribution in [-0.4, -0.2) is 28.9 Å². The van der Waals surface area contributed by atoms with Crippen LogP contribution in [0.1, 0.15) is 24.3 Å². The minimum absolute atomic E-state index is 0.197. The molecule has 0 saturated carbocycles. The fraction of sp³-hybridized carbons (Fsp3) is 0.417. The van der Waals surface area contributed by atoms with Gasteiger partial charge in [-0.25, -0.2) is 0 Å². The minimum Gasteiger partial charge on any atom is -0.336 e. The summed E-state index contributed by atoms with van der Waals surface area (Å²) >= 11 is 0. The zero-order valence-electron chi connectivity index (χ0n) is 10.6. The van der Waals surface area contributed by atoms with Gasteiger partial charge in [0.25, 0.3) is 5.91 Å². The molecule has 0 spiro atoms. The SMILES string of the molecule is CCN(CC(C)C#N)C(=O)c1cc(NN)ccn1. The number of nitrogens with two attached hydrogens (primary N) is 1. The highest BCUT2D eigenvalue weighted by molar-refractivity contribution is 5.93. The standard InChI is InChI=1S/C12H17N5O/c1-3-17(8-9(2)7-13)12(18)11-6-10(16-14)4-5-15-11/h4-6,9H,3,8,14H2,1-2H3,(H,15,16). The van der Waals surface area contributed by atoms with Crippen molar-refractivity contribution in [3.8, 4) is 6.07 Å². The number of nitrogens with one attached hydrogen (secondary N) is 1. The van der Waals surface area contributed by atoms with Crippen molar-refractivity contribution in [3.63, 3.8) is 0 Å². The summed E-state index contributed by atoms with van der Waals surface area (Å²) < 4.78 is 0. The second-order valence-corrected chi connectivity index (χ2v) is 3.95. The summed E-state index contributed by atoms with van der Waals surface area (Å²) in [6.45, 7) is 4.58. The molecule has 0 aromatic carbocycles. The van der Waals surface area contributed by atoms with E-state index in [1.165, 1.54) is 6.20 Å². The summed E-state index contributed by atoms with van der Waals surface area (Å²) in [7, 11) is 0. The summed E-state index contributed by atoms with van der Waals surface area (Å²) in [4.78, 5) is 17.8. The average Bonchev–Trinajstić information content (AvgIpc) is 2.43. The van der Waals surface area contributed by atoms with Gasteiger partial charge >= 0.3 is 0 Å². The summed E-state index contributed by atoms with van der Waals surface area (Å²) in [5.41, 5.74) is 3.41. The van der Waals surface area contributed by atoms with Crippen molar-refractivity contribution in [2.75, 3.05) is 18.5 Å². The number of nitriles is 1. The lowest BCUT2D eigenvalue weighted by atomic mass is 10.2. The van der Waals surface area contributed by atoms with E-state index in [9.17, 15) is 4.79 Å². The zero-order chi connectivity index (χ0) is 13.5. The first-order valence-corrected chi connectivity index (χ1v) is 5.74. The first-order chi connectivity index (χ1) is 8.62. The number of aromatic nitrogens is 1. The number of carbonyl (C=O) groups excluding carboxylic acids is 1. The molecule has 0 saturated heterocycles. The molecule has 0 aliphatic heterocycles. The molecule has 96 valence electrons. The highest BCUT2D eigenvalue weighted by atomic mass is 16.2. The van der Waals surface area contributed by atoms with E-state index in [1.54, 1.807) is 24.0 Å². The number of hydrogen-bond acceptors (Lipinski definition) is 5. The van der Waals surface area contributed by atoms with Gasteiger partial charge in [-0.2, -0.15) is 5.26 Å². The number of hydrazine groups is 1. The Morgan fingerprint density at radius 3 is 3.00 bits per heavy atom. The van der Waals surface area contributed by atoms with Crippen LogP contribution in [0.2, 0.25) is 0 Å². The third kappa shape index (κ3) is 3.43. The summed E-state index contributed by atoms with van der Waals surface area (Å²) in [6, 6.07) is 5.37. The molecule has 6 heteroatoms. The Kier molecular flexibility index (Phi) is 5.08. The molecule has 1 unspecified atom stereocenters. The number of hydrogen-bond donors (Lipinski definition) is 2. The van der Waals surface area contributed by atoms with Crippen molar-refractivity contribution in [1.82, 2.24) is 9.88 Å². The van der Waals surface area contributed by atoms with E-state index < -0.39 is 0 Å². The first-order valence-electron chi connectivity index (χ1n) is 5.74. The molecule has 0 radical (unpaired) electrons. The number of carbonyl (C=O) groups is 1. The van der Waals surface area contributed by atoms with E-state index in [1.807, 2.05) is 6.92 Å². The van der Waals surface area contributed by atoms with Gasteiger partial charge in [-0.05, 0) is 26.0 Å². The molecule has 1 aromatic heterocycles. The van der Waals surface area contributed by atoms with Crippen molar-refractivity contribution < 1.29 is 4.79 Å². The highest BCUT2D eigenvalue weighted by Gasteiger charge is 2.17. The van der Waals surface area contributed by atoms with Gasteiger partial charge in [0.15, 0.2) is 0 Å². The maximum absolute atomic E-state index is 12.2. The van der Waals surface area contributed by atoms with Crippen LogP contribution in [0.5, 0.6) is 0 Å². The molecule has 6 nitrogen and oxygen atoms in total. The van der Waals surface area contributed by atoms with Gasteiger partial charge in [0.05, 0.1) is 17.7 Å². The topological polar surface area (TPSA) is 95.0 Å². The molecule has 1 aromatic rings. The molecule has 0 aliphatic rings. The Hall–Kier alpha value is -2.13. The molecule has 0 bridgehead atoms. The Balaban J connectivity index is 2.86. The predicted molar refractivity (Wildman–Crippen MR) is 68.4 cm³/mol. The van der Waals surface area contributed by atoms with Crippen molar-refractivity contribution in [2.45, 2.75) is 13.8 Å². The molecule has 0 aliphatic carbocycles. The Labute approximate surface area is 106 Å². The fourth-order valence-corrected chi connectivity index (χ4v) is 1.53. The van der Waals surface area contributed by atoms with Gasteiger partial charge in [0, 0.05) is 19.3 Å². The minimum atomic E-state index is -0.204. The lowest BCUT2D eigenvalue weighted by Crippen LogP contribution is -2.34. The highest BCUT2D eigenvalue weighted by Crippen LogP contribution is 2.10. The molecule has 3 N–H and O–H groups in total. The van der Waals surface area contributed by atoms with E-state index in [2.05, 4.69) is 16.5 Å². The van der Waals surface area contributed by atoms with Crippen LogP contribution in [0, 0.1) is 17.2 Å². The first kappa shape index (κ1) is 13.9. The van der Waals surface area contributed by atoms with Crippen LogP contribution < -0.4 is 11.3 Å². The van der Waals surface area contributed by atoms with Gasteiger partial charge in [-0.3, -0.25) is 15.6 Å². The second-order valence-electron chi connectivity index (χ2n) is 3.95. The van der Waals surface area contributed by atoms with Crippen molar-refractivity contribution >= 4 is 11.6 Å². The number of amides is 1. The number of nitrogens with zero attached hydrogens (tertiary/aromatic N) is 3. The van der Waals surface area contributed by atoms with E-state index in [0.29, 0.717) is 24.5 Å². The predicted octanol–water partition coefficient (Wildman–Crippen LogP) is 0.989. The van der Waals surface area contributed by atoms with Gasteiger partial charge in [0.2, 0.25) is 0 Å². The normalized spacial score (nSPS) is 11.4. The number of anilines is 1. The molecular formula is C12H17N5O. The third-order valence-electron chi connectivity index (χ3n) is 2.53. The van der Waals surface area contributed by atoms with Crippen molar-refractivity contribution in [1.29, 1.82) is 5.26 Å². The Morgan fingerprint density at radius 1 is 1.72 bits per heavy atom. The monoisotopic (exact) mass is 247 g/mol. The quantitative estimate of drug-likeness (QED) is 0.597. The molecule has 1 heterocycles. The molecular weight excluding hydrogens is 230 g/mol. The largest absolute Gasteiger partial charge is 0.336 e.